The van der Waals surface area contributed by atoms with Gasteiger partial charge in [0.2, 0.25) is 0 Å². The molecule has 46 heavy (non-hydrogen) atoms. The van der Waals surface area contributed by atoms with Gasteiger partial charge in [-0.25, -0.2) is 0 Å². The molecule has 0 atom stereocenters. The number of para-hydroxylation sites is 1. The molecular weight excluding hydrogens is 656 g/mol. The van der Waals surface area contributed by atoms with Gasteiger partial charge >= 0.3 is 6.18 Å². The zero-order chi connectivity index (χ0) is 33.3. The molecule has 0 aliphatic heterocycles. The highest BCUT2D eigenvalue weighted by Crippen LogP contribution is 2.33. The molecule has 6 nitrogen and oxygen atoms in total. The van der Waals surface area contributed by atoms with E-state index in [0.717, 1.165) is 45.7 Å². The van der Waals surface area contributed by atoms with Crippen LogP contribution in [0, 0.1) is 25.2 Å². The lowest BCUT2D eigenvalue weighted by Gasteiger charge is -2.13. The van der Waals surface area contributed by atoms with Gasteiger partial charge in [-0.05, 0) is 86.0 Å². The second-order valence-corrected chi connectivity index (χ2v) is 12.2. The average molecular weight is 682 g/mol. The number of alkyl halides is 3. The van der Waals surface area contributed by atoms with Crippen molar-refractivity contribution in [1.29, 1.82) is 5.26 Å². The van der Waals surface area contributed by atoms with E-state index in [-0.39, 0.29) is 9.20 Å². The summed E-state index contributed by atoms with van der Waals surface area (Å²) in [5, 5.41) is 13.7. The van der Waals surface area contributed by atoms with Gasteiger partial charge in [0.1, 0.15) is 10.7 Å². The Morgan fingerprint density at radius 1 is 1.00 bits per heavy atom. The highest BCUT2D eigenvalue weighted by atomic mass is 35.5. The van der Waals surface area contributed by atoms with E-state index in [1.54, 1.807) is 43.3 Å². The van der Waals surface area contributed by atoms with E-state index < -0.39 is 34.5 Å². The summed E-state index contributed by atoms with van der Waals surface area (Å²) >= 11 is 13.4. The average Bonchev–Trinajstić information content (AvgIpc) is 3.48. The van der Waals surface area contributed by atoms with Crippen molar-refractivity contribution < 1.29 is 18.0 Å². The molecule has 0 fully saturated rings. The standard InChI is InChI=1S/C34H25Cl2F3N4O2S/c1-4-21-9-12-24(13-10-21)41-31(44)25(18-40)33-43(28-8-6-5-7-26(28)34(37,38)39)32(45)30(46-33)16-22-15-19(2)42(20(22)3)29-17-23(35)11-14-27(29)36/h5-17H,4H2,1-3H3,(H,41,44). The van der Waals surface area contributed by atoms with Crippen molar-refractivity contribution >= 4 is 57.8 Å². The number of amides is 1. The summed E-state index contributed by atoms with van der Waals surface area (Å²) < 4.78 is 44.9. The van der Waals surface area contributed by atoms with Gasteiger partial charge in [0, 0.05) is 22.1 Å². The summed E-state index contributed by atoms with van der Waals surface area (Å²) in [6.45, 7) is 5.60. The smallest absolute Gasteiger partial charge is 0.321 e. The second-order valence-electron chi connectivity index (χ2n) is 10.3. The number of rotatable bonds is 6. The summed E-state index contributed by atoms with van der Waals surface area (Å²) in [4.78, 5) is 27.4. The first kappa shape index (κ1) is 32.8. The van der Waals surface area contributed by atoms with E-state index in [0.29, 0.717) is 32.7 Å². The first-order valence-electron chi connectivity index (χ1n) is 13.9. The highest BCUT2D eigenvalue weighted by molar-refractivity contribution is 7.07. The molecule has 1 amide bonds. The molecule has 234 valence electrons. The van der Waals surface area contributed by atoms with E-state index >= 15 is 0 Å². The quantitative estimate of drug-likeness (QED) is 0.204. The molecule has 0 saturated heterocycles. The van der Waals surface area contributed by atoms with E-state index in [1.165, 1.54) is 18.2 Å². The fourth-order valence-electron chi connectivity index (χ4n) is 5.09. The fraction of sp³-hybridized carbons (Fsp3) is 0.147. The first-order valence-corrected chi connectivity index (χ1v) is 15.5. The number of hydrogen-bond donors (Lipinski definition) is 1. The lowest BCUT2D eigenvalue weighted by Crippen LogP contribution is -2.33. The van der Waals surface area contributed by atoms with Gasteiger partial charge in [-0.15, -0.1) is 11.3 Å². The Labute approximate surface area is 275 Å². The SMILES string of the molecule is CCc1ccc(NC(=O)C(C#N)=c2sc(=Cc3cc(C)n(-c4cc(Cl)ccc4Cl)c3C)c(=O)n2-c2ccccc2C(F)(F)F)cc1. The van der Waals surface area contributed by atoms with E-state index in [9.17, 15) is 28.0 Å². The largest absolute Gasteiger partial charge is 0.418 e. The van der Waals surface area contributed by atoms with Crippen LogP contribution in [-0.2, 0) is 17.4 Å². The summed E-state index contributed by atoms with van der Waals surface area (Å²) in [6.07, 6.45) is -2.52. The second kappa shape index (κ2) is 13.0. The molecule has 5 rings (SSSR count). The molecule has 0 aliphatic carbocycles. The number of nitriles is 1. The van der Waals surface area contributed by atoms with Gasteiger partial charge in [0.15, 0.2) is 5.57 Å². The minimum atomic E-state index is -4.82. The molecule has 2 heterocycles. The van der Waals surface area contributed by atoms with Gasteiger partial charge < -0.3 is 9.88 Å². The zero-order valence-corrected chi connectivity index (χ0v) is 27.0. The molecule has 1 N–H and O–H groups in total. The van der Waals surface area contributed by atoms with E-state index in [1.807, 2.05) is 36.6 Å². The number of thiazole rings is 1. The zero-order valence-electron chi connectivity index (χ0n) is 24.7. The first-order chi connectivity index (χ1) is 21.8. The van der Waals surface area contributed by atoms with Crippen molar-refractivity contribution in [2.45, 2.75) is 33.4 Å². The molecule has 0 saturated carbocycles. The Morgan fingerprint density at radius 3 is 2.35 bits per heavy atom. The number of nitrogens with one attached hydrogen (secondary N) is 1. The van der Waals surface area contributed by atoms with Crippen LogP contribution in [0.5, 0.6) is 0 Å². The monoisotopic (exact) mass is 680 g/mol. The Hall–Kier alpha value is -4.56. The lowest BCUT2D eigenvalue weighted by molar-refractivity contribution is -0.137. The normalized spacial score (nSPS) is 12.6. The van der Waals surface area contributed by atoms with Crippen molar-refractivity contribution in [3.05, 3.63) is 130 Å². The Morgan fingerprint density at radius 2 is 1.70 bits per heavy atom. The van der Waals surface area contributed by atoms with Crippen molar-refractivity contribution in [2.75, 3.05) is 5.32 Å². The summed E-state index contributed by atoms with van der Waals surface area (Å²) in [7, 11) is 0. The van der Waals surface area contributed by atoms with Gasteiger partial charge in [0.05, 0.1) is 26.5 Å². The van der Waals surface area contributed by atoms with Crippen LogP contribution in [0.1, 0.15) is 35.0 Å². The minimum absolute atomic E-state index is 0.0114. The van der Waals surface area contributed by atoms with Gasteiger partial charge in [-0.2, -0.15) is 18.4 Å². The van der Waals surface area contributed by atoms with E-state index in [2.05, 4.69) is 5.32 Å². The number of carbonyl (C=O) groups excluding carboxylic acids is 1. The van der Waals surface area contributed by atoms with Crippen LogP contribution < -0.4 is 20.1 Å². The molecule has 0 radical (unpaired) electrons. The number of benzene rings is 3. The van der Waals surface area contributed by atoms with E-state index in [4.69, 9.17) is 23.2 Å². The predicted octanol–water partition coefficient (Wildman–Crippen LogP) is 7.34. The van der Waals surface area contributed by atoms with Crippen LogP contribution in [0.15, 0.2) is 77.6 Å². The maximum Gasteiger partial charge on any atom is 0.418 e. The van der Waals surface area contributed by atoms with Crippen LogP contribution in [-0.4, -0.2) is 15.0 Å². The molecule has 0 aliphatic rings. The number of halogens is 5. The van der Waals surface area contributed by atoms with Crippen LogP contribution in [0.3, 0.4) is 0 Å². The van der Waals surface area contributed by atoms with Crippen LogP contribution in [0.25, 0.3) is 23.0 Å². The fourth-order valence-corrected chi connectivity index (χ4v) is 6.55. The predicted molar refractivity (Wildman–Crippen MR) is 176 cm³/mol. The third-order valence-corrected chi connectivity index (χ3v) is 9.00. The Bertz CT molecular complexity index is 2210. The highest BCUT2D eigenvalue weighted by Gasteiger charge is 2.34. The Balaban J connectivity index is 1.78. The van der Waals surface area contributed by atoms with Gasteiger partial charge in [-0.1, -0.05) is 54.4 Å². The van der Waals surface area contributed by atoms with Crippen molar-refractivity contribution in [1.82, 2.24) is 9.13 Å². The third kappa shape index (κ3) is 6.40. The van der Waals surface area contributed by atoms with Crippen LogP contribution in [0.4, 0.5) is 18.9 Å². The number of carbonyl (C=O) groups is 1. The van der Waals surface area contributed by atoms with Gasteiger partial charge in [-0.3, -0.25) is 14.2 Å². The van der Waals surface area contributed by atoms with Crippen molar-refractivity contribution in [3.63, 3.8) is 0 Å². The molecule has 0 spiro atoms. The maximum absolute atomic E-state index is 14.2. The Kier molecular flexibility index (Phi) is 9.31. The number of nitrogens with zero attached hydrogens (tertiary/aromatic N) is 3. The number of hydrogen-bond acceptors (Lipinski definition) is 4. The molecule has 2 aromatic heterocycles. The lowest BCUT2D eigenvalue weighted by atomic mass is 10.1. The molecule has 0 bridgehead atoms. The van der Waals surface area contributed by atoms with Crippen molar-refractivity contribution in [2.24, 2.45) is 0 Å². The molecule has 5 aromatic rings. The summed E-state index contributed by atoms with van der Waals surface area (Å²) in [5.74, 6) is -0.869. The molecule has 0 unspecified atom stereocenters. The minimum Gasteiger partial charge on any atom is -0.321 e. The number of aryl methyl sites for hydroxylation is 2. The van der Waals surface area contributed by atoms with Gasteiger partial charge in [0.25, 0.3) is 11.5 Å². The number of aromatic nitrogens is 2. The summed E-state index contributed by atoms with van der Waals surface area (Å²) in [5.41, 5.74) is 1.08. The third-order valence-electron chi connectivity index (χ3n) is 7.35. The molecular formula is C34H25Cl2F3N4O2S. The van der Waals surface area contributed by atoms with Crippen LogP contribution in [0.2, 0.25) is 10.0 Å². The van der Waals surface area contributed by atoms with Crippen LogP contribution >= 0.6 is 34.5 Å². The topological polar surface area (TPSA) is 79.8 Å². The molecule has 3 aromatic carbocycles. The van der Waals surface area contributed by atoms with Crippen molar-refractivity contribution in [3.8, 4) is 17.4 Å². The molecule has 12 heteroatoms. The number of anilines is 1. The maximum atomic E-state index is 14.2. The summed E-state index contributed by atoms with van der Waals surface area (Å²) in [6, 6.07) is 20.1.